The van der Waals surface area contributed by atoms with Crippen molar-refractivity contribution in [2.24, 2.45) is 0 Å². The van der Waals surface area contributed by atoms with Gasteiger partial charge in [0.1, 0.15) is 0 Å². The second-order valence-electron chi connectivity index (χ2n) is 9.41. The molecule has 0 atom stereocenters. The van der Waals surface area contributed by atoms with Gasteiger partial charge in [-0.15, -0.1) is 11.3 Å². The predicted octanol–water partition coefficient (Wildman–Crippen LogP) is 10.9. The monoisotopic (exact) mass is 503 g/mol. The van der Waals surface area contributed by atoms with Crippen LogP contribution in [0.2, 0.25) is 0 Å². The summed E-state index contributed by atoms with van der Waals surface area (Å²) in [6.07, 6.45) is 0. The van der Waals surface area contributed by atoms with Gasteiger partial charge < -0.3 is 4.90 Å². The van der Waals surface area contributed by atoms with Crippen LogP contribution >= 0.6 is 11.3 Å². The molecule has 180 valence electrons. The molecule has 0 radical (unpaired) electrons. The summed E-state index contributed by atoms with van der Waals surface area (Å²) < 4.78 is 2.61. The van der Waals surface area contributed by atoms with Gasteiger partial charge in [0.15, 0.2) is 0 Å². The average Bonchev–Trinajstić information content (AvgIpc) is 3.36. The van der Waals surface area contributed by atoms with E-state index >= 15 is 0 Å². The molecule has 0 amide bonds. The van der Waals surface area contributed by atoms with E-state index in [-0.39, 0.29) is 0 Å². The van der Waals surface area contributed by atoms with E-state index in [0.717, 1.165) is 11.4 Å². The standard InChI is InChI=1S/C36H25NS/c1-4-12-26(13-5-1)27-20-22-30(23-21-27)37(29-16-8-3-9-17-29)34-25-36-33(31-18-10-11-19-35(31)38-36)24-32(34)28-14-6-2-7-15-28/h1-25H. The Bertz CT molecular complexity index is 1840. The van der Waals surface area contributed by atoms with Gasteiger partial charge >= 0.3 is 0 Å². The maximum Gasteiger partial charge on any atom is 0.0554 e. The van der Waals surface area contributed by atoms with Crippen LogP contribution in [0.4, 0.5) is 17.1 Å². The summed E-state index contributed by atoms with van der Waals surface area (Å²) in [5.74, 6) is 0. The van der Waals surface area contributed by atoms with Gasteiger partial charge in [-0.05, 0) is 59.2 Å². The van der Waals surface area contributed by atoms with Crippen molar-refractivity contribution in [1.29, 1.82) is 0 Å². The van der Waals surface area contributed by atoms with Gasteiger partial charge in [-0.25, -0.2) is 0 Å². The van der Waals surface area contributed by atoms with Crippen molar-refractivity contribution in [2.75, 3.05) is 4.90 Å². The van der Waals surface area contributed by atoms with Gasteiger partial charge in [-0.1, -0.05) is 109 Å². The van der Waals surface area contributed by atoms with E-state index in [1.54, 1.807) is 0 Å². The highest BCUT2D eigenvalue weighted by Gasteiger charge is 2.20. The van der Waals surface area contributed by atoms with E-state index in [9.17, 15) is 0 Å². The molecule has 1 aromatic heterocycles. The summed E-state index contributed by atoms with van der Waals surface area (Å²) in [6.45, 7) is 0. The molecule has 0 unspecified atom stereocenters. The van der Waals surface area contributed by atoms with Crippen LogP contribution in [0.15, 0.2) is 152 Å². The SMILES string of the molecule is c1ccc(-c2ccc(N(c3ccccc3)c3cc4sc5ccccc5c4cc3-c3ccccc3)cc2)cc1. The Labute approximate surface area is 226 Å². The topological polar surface area (TPSA) is 3.24 Å². The first-order chi connectivity index (χ1) is 18.8. The molecule has 1 nitrogen and oxygen atoms in total. The molecule has 0 spiro atoms. The molecule has 1 heterocycles. The predicted molar refractivity (Wildman–Crippen MR) is 165 cm³/mol. The van der Waals surface area contributed by atoms with E-state index in [1.165, 1.54) is 48.1 Å². The summed E-state index contributed by atoms with van der Waals surface area (Å²) in [4.78, 5) is 2.39. The zero-order chi connectivity index (χ0) is 25.3. The van der Waals surface area contributed by atoms with E-state index in [2.05, 4.69) is 157 Å². The lowest BCUT2D eigenvalue weighted by Gasteiger charge is -2.28. The number of hydrogen-bond acceptors (Lipinski definition) is 2. The zero-order valence-corrected chi connectivity index (χ0v) is 21.6. The second-order valence-corrected chi connectivity index (χ2v) is 10.5. The minimum Gasteiger partial charge on any atom is -0.310 e. The van der Waals surface area contributed by atoms with Crippen molar-refractivity contribution >= 4 is 48.6 Å². The second kappa shape index (κ2) is 9.66. The Hall–Kier alpha value is -4.66. The summed E-state index contributed by atoms with van der Waals surface area (Å²) in [7, 11) is 0. The van der Waals surface area contributed by atoms with E-state index in [1.807, 2.05) is 11.3 Å². The fourth-order valence-electron chi connectivity index (χ4n) is 5.23. The first-order valence-corrected chi connectivity index (χ1v) is 13.7. The fraction of sp³-hybridized carbons (Fsp3) is 0. The fourth-order valence-corrected chi connectivity index (χ4v) is 6.35. The van der Waals surface area contributed by atoms with E-state index < -0.39 is 0 Å². The largest absolute Gasteiger partial charge is 0.310 e. The molecule has 0 aliphatic rings. The van der Waals surface area contributed by atoms with Gasteiger partial charge in [0.2, 0.25) is 0 Å². The van der Waals surface area contributed by atoms with Gasteiger partial charge in [-0.2, -0.15) is 0 Å². The third-order valence-corrected chi connectivity index (χ3v) is 8.20. The first-order valence-electron chi connectivity index (χ1n) is 12.9. The number of nitrogens with zero attached hydrogens (tertiary/aromatic N) is 1. The molecule has 0 aliphatic heterocycles. The summed E-state index contributed by atoms with van der Waals surface area (Å²) in [6, 6.07) is 54.4. The van der Waals surface area contributed by atoms with E-state index in [0.29, 0.717) is 0 Å². The quantitative estimate of drug-likeness (QED) is 0.226. The van der Waals surface area contributed by atoms with Crippen LogP contribution in [0.5, 0.6) is 0 Å². The average molecular weight is 504 g/mol. The van der Waals surface area contributed by atoms with E-state index in [4.69, 9.17) is 0 Å². The Morgan fingerprint density at radius 1 is 0.395 bits per heavy atom. The van der Waals surface area contributed by atoms with Crippen LogP contribution in [0.25, 0.3) is 42.4 Å². The Morgan fingerprint density at radius 3 is 1.66 bits per heavy atom. The Balaban J connectivity index is 1.47. The number of benzene rings is 6. The van der Waals surface area contributed by atoms with Crippen molar-refractivity contribution < 1.29 is 0 Å². The molecule has 38 heavy (non-hydrogen) atoms. The molecule has 6 aromatic carbocycles. The van der Waals surface area contributed by atoms with Gasteiger partial charge in [0, 0.05) is 37.1 Å². The first kappa shape index (κ1) is 22.5. The van der Waals surface area contributed by atoms with Crippen LogP contribution < -0.4 is 4.90 Å². The Morgan fingerprint density at radius 2 is 0.947 bits per heavy atom. The summed E-state index contributed by atoms with van der Waals surface area (Å²) in [5, 5.41) is 2.62. The summed E-state index contributed by atoms with van der Waals surface area (Å²) in [5.41, 5.74) is 8.31. The molecule has 0 aliphatic carbocycles. The number of para-hydroxylation sites is 1. The lowest BCUT2D eigenvalue weighted by molar-refractivity contribution is 1.29. The molecular weight excluding hydrogens is 478 g/mol. The van der Waals surface area contributed by atoms with Crippen LogP contribution in [0, 0.1) is 0 Å². The number of fused-ring (bicyclic) bond motifs is 3. The smallest absolute Gasteiger partial charge is 0.0554 e. The minimum absolute atomic E-state index is 1.13. The minimum atomic E-state index is 1.13. The van der Waals surface area contributed by atoms with Gasteiger partial charge in [-0.3, -0.25) is 0 Å². The molecule has 0 N–H and O–H groups in total. The molecule has 2 heteroatoms. The number of anilines is 3. The number of hydrogen-bond donors (Lipinski definition) is 0. The van der Waals surface area contributed by atoms with Crippen LogP contribution in [-0.2, 0) is 0 Å². The van der Waals surface area contributed by atoms with Crippen molar-refractivity contribution in [3.63, 3.8) is 0 Å². The molecule has 7 rings (SSSR count). The van der Waals surface area contributed by atoms with Gasteiger partial charge in [0.25, 0.3) is 0 Å². The van der Waals surface area contributed by atoms with Crippen molar-refractivity contribution in [3.8, 4) is 22.3 Å². The highest BCUT2D eigenvalue weighted by Crippen LogP contribution is 2.46. The molecule has 0 saturated carbocycles. The third kappa shape index (κ3) is 4.06. The number of rotatable bonds is 5. The normalized spacial score (nSPS) is 11.2. The molecule has 0 bridgehead atoms. The number of thiophene rings is 1. The maximum absolute atomic E-state index is 2.39. The molecular formula is C36H25NS. The lowest BCUT2D eigenvalue weighted by Crippen LogP contribution is -2.11. The summed E-state index contributed by atoms with van der Waals surface area (Å²) >= 11 is 1.86. The van der Waals surface area contributed by atoms with Crippen LogP contribution in [-0.4, -0.2) is 0 Å². The van der Waals surface area contributed by atoms with Gasteiger partial charge in [0.05, 0.1) is 5.69 Å². The molecule has 0 fully saturated rings. The lowest BCUT2D eigenvalue weighted by atomic mass is 9.98. The van der Waals surface area contributed by atoms with Crippen LogP contribution in [0.3, 0.4) is 0 Å². The third-order valence-electron chi connectivity index (χ3n) is 7.07. The van der Waals surface area contributed by atoms with Crippen molar-refractivity contribution in [1.82, 2.24) is 0 Å². The van der Waals surface area contributed by atoms with Crippen molar-refractivity contribution in [3.05, 3.63) is 152 Å². The molecule has 0 saturated heterocycles. The van der Waals surface area contributed by atoms with Crippen molar-refractivity contribution in [2.45, 2.75) is 0 Å². The zero-order valence-electron chi connectivity index (χ0n) is 20.8. The maximum atomic E-state index is 2.39. The highest BCUT2D eigenvalue weighted by molar-refractivity contribution is 7.25. The molecule has 7 aromatic rings. The highest BCUT2D eigenvalue weighted by atomic mass is 32.1. The Kier molecular flexibility index (Phi) is 5.73. The van der Waals surface area contributed by atoms with Crippen LogP contribution in [0.1, 0.15) is 0 Å².